The Morgan fingerprint density at radius 2 is 1.15 bits per heavy atom. The second-order valence-corrected chi connectivity index (χ2v) is 8.48. The number of fused-ring (bicyclic) bond motifs is 4. The summed E-state index contributed by atoms with van der Waals surface area (Å²) in [6.45, 7) is 0. The Balaban J connectivity index is 1.43. The molecule has 6 aromatic carbocycles. The molecule has 0 heterocycles. The maximum Gasteiger partial charge on any atom is 0.0470 e. The average molecular weight is 426 g/mol. The molecular weight excluding hydrogens is 402 g/mol. The van der Waals surface area contributed by atoms with E-state index in [9.17, 15) is 0 Å². The first-order chi connectivity index (χ1) is 16.1. The van der Waals surface area contributed by atoms with Gasteiger partial charge in [-0.05, 0) is 86.6 Å². The summed E-state index contributed by atoms with van der Waals surface area (Å²) in [7, 11) is 0. The number of nitrogen functional groups attached to an aromatic ring is 2. The summed E-state index contributed by atoms with van der Waals surface area (Å²) in [5.41, 5.74) is 17.5. The lowest BCUT2D eigenvalue weighted by Crippen LogP contribution is -1.93. The van der Waals surface area contributed by atoms with E-state index in [0.717, 1.165) is 22.5 Å². The number of benzene rings is 6. The topological polar surface area (TPSA) is 64.1 Å². The van der Waals surface area contributed by atoms with Crippen LogP contribution in [0, 0.1) is 0 Å². The summed E-state index contributed by atoms with van der Waals surface area (Å²) < 4.78 is 0. The molecule has 0 aliphatic heterocycles. The minimum Gasteiger partial charge on any atom is -0.399 e. The molecule has 0 aliphatic rings. The molecule has 0 atom stereocenters. The van der Waals surface area contributed by atoms with Crippen molar-refractivity contribution in [2.24, 2.45) is 0 Å². The van der Waals surface area contributed by atoms with Crippen molar-refractivity contribution in [3.63, 3.8) is 0 Å². The van der Waals surface area contributed by atoms with E-state index in [1.54, 1.807) is 6.07 Å². The molecule has 158 valence electrons. The summed E-state index contributed by atoms with van der Waals surface area (Å²) in [6.07, 6.45) is 0. The Morgan fingerprint density at radius 1 is 0.485 bits per heavy atom. The second kappa shape index (κ2) is 7.57. The van der Waals surface area contributed by atoms with Crippen molar-refractivity contribution in [1.29, 1.82) is 0 Å². The third-order valence-corrected chi connectivity index (χ3v) is 6.20. The Hall–Kier alpha value is -4.50. The lowest BCUT2D eigenvalue weighted by Gasteiger charge is -2.14. The van der Waals surface area contributed by atoms with Gasteiger partial charge in [-0.25, -0.2) is 0 Å². The number of nitrogens with two attached hydrogens (primary N) is 2. The van der Waals surface area contributed by atoms with Crippen molar-refractivity contribution < 1.29 is 0 Å². The van der Waals surface area contributed by atoms with E-state index in [0.29, 0.717) is 11.4 Å². The highest BCUT2D eigenvalue weighted by atomic mass is 14.9. The molecule has 0 unspecified atom stereocenters. The van der Waals surface area contributed by atoms with Crippen LogP contribution in [0.5, 0.6) is 0 Å². The van der Waals surface area contributed by atoms with Crippen LogP contribution in [0.15, 0.2) is 109 Å². The van der Waals surface area contributed by atoms with Crippen molar-refractivity contribution >= 4 is 55.1 Å². The van der Waals surface area contributed by atoms with Crippen LogP contribution in [0.2, 0.25) is 0 Å². The molecule has 33 heavy (non-hydrogen) atoms. The van der Waals surface area contributed by atoms with Crippen molar-refractivity contribution in [2.75, 3.05) is 16.8 Å². The third kappa shape index (κ3) is 3.50. The van der Waals surface area contributed by atoms with E-state index >= 15 is 0 Å². The van der Waals surface area contributed by atoms with Crippen LogP contribution in [-0.2, 0) is 0 Å². The van der Waals surface area contributed by atoms with E-state index in [1.807, 2.05) is 12.1 Å². The molecule has 5 N–H and O–H groups in total. The summed E-state index contributed by atoms with van der Waals surface area (Å²) in [6, 6.07) is 37.9. The van der Waals surface area contributed by atoms with Crippen molar-refractivity contribution in [1.82, 2.24) is 0 Å². The van der Waals surface area contributed by atoms with E-state index in [2.05, 4.69) is 96.3 Å². The highest BCUT2D eigenvalue weighted by molar-refractivity contribution is 6.17. The van der Waals surface area contributed by atoms with Gasteiger partial charge in [0, 0.05) is 28.1 Å². The fourth-order valence-corrected chi connectivity index (χ4v) is 4.65. The zero-order valence-electron chi connectivity index (χ0n) is 18.0. The molecule has 0 bridgehead atoms. The largest absolute Gasteiger partial charge is 0.399 e. The van der Waals surface area contributed by atoms with Crippen LogP contribution in [0.4, 0.5) is 22.7 Å². The van der Waals surface area contributed by atoms with Gasteiger partial charge in [-0.1, -0.05) is 60.7 Å². The Kier molecular flexibility index (Phi) is 4.41. The Bertz CT molecular complexity index is 1630. The van der Waals surface area contributed by atoms with E-state index < -0.39 is 0 Å². The number of nitrogens with one attached hydrogen (secondary N) is 1. The van der Waals surface area contributed by atoms with Crippen LogP contribution < -0.4 is 16.8 Å². The lowest BCUT2D eigenvalue weighted by atomic mass is 9.97. The molecule has 0 spiro atoms. The van der Waals surface area contributed by atoms with Crippen LogP contribution in [0.1, 0.15) is 0 Å². The molecular formula is C30H23N3. The molecule has 6 rings (SSSR count). The van der Waals surface area contributed by atoms with Crippen LogP contribution >= 0.6 is 0 Å². The van der Waals surface area contributed by atoms with Gasteiger partial charge in [0.2, 0.25) is 0 Å². The first-order valence-corrected chi connectivity index (χ1v) is 11.0. The fraction of sp³-hybridized carbons (Fsp3) is 0. The number of hydrogen-bond donors (Lipinski definition) is 3. The first kappa shape index (κ1) is 19.2. The zero-order valence-corrected chi connectivity index (χ0v) is 18.0. The molecule has 3 nitrogen and oxygen atoms in total. The minimum atomic E-state index is 0.669. The second-order valence-electron chi connectivity index (χ2n) is 8.48. The number of hydrogen-bond acceptors (Lipinski definition) is 3. The number of rotatable bonds is 3. The molecule has 0 amide bonds. The SMILES string of the molecule is Nc1cc(N)cc(-c2ccc(Nc3cccc4ccc5cc6ccccc6cc5c34)cc2)c1. The molecule has 0 aliphatic carbocycles. The molecule has 6 aromatic rings. The average Bonchev–Trinajstić information content (AvgIpc) is 2.82. The van der Waals surface area contributed by atoms with E-state index in [4.69, 9.17) is 11.5 Å². The Labute approximate surface area is 192 Å². The third-order valence-electron chi connectivity index (χ3n) is 6.20. The van der Waals surface area contributed by atoms with E-state index in [1.165, 1.54) is 32.3 Å². The zero-order chi connectivity index (χ0) is 22.4. The van der Waals surface area contributed by atoms with Gasteiger partial charge in [0.05, 0.1) is 0 Å². The summed E-state index contributed by atoms with van der Waals surface area (Å²) in [5.74, 6) is 0. The normalized spacial score (nSPS) is 11.3. The minimum absolute atomic E-state index is 0.669. The maximum absolute atomic E-state index is 5.97. The monoisotopic (exact) mass is 425 g/mol. The van der Waals surface area contributed by atoms with Gasteiger partial charge in [-0.3, -0.25) is 0 Å². The maximum atomic E-state index is 5.97. The standard InChI is InChI=1S/C30H23N3/c31-25-15-24(16-26(32)18-25)19-10-12-27(13-11-19)33-29-7-3-6-20-8-9-23-14-21-4-1-2-5-22(21)17-28(23)30(20)29/h1-18,33H,31-32H2. The van der Waals surface area contributed by atoms with Crippen molar-refractivity contribution in [3.8, 4) is 11.1 Å². The van der Waals surface area contributed by atoms with Gasteiger partial charge in [0.1, 0.15) is 0 Å². The molecule has 3 heteroatoms. The summed E-state index contributed by atoms with van der Waals surface area (Å²) >= 11 is 0. The van der Waals surface area contributed by atoms with Crippen molar-refractivity contribution in [2.45, 2.75) is 0 Å². The van der Waals surface area contributed by atoms with Gasteiger partial charge in [0.25, 0.3) is 0 Å². The van der Waals surface area contributed by atoms with Gasteiger partial charge in [-0.2, -0.15) is 0 Å². The lowest BCUT2D eigenvalue weighted by molar-refractivity contribution is 1.56. The first-order valence-electron chi connectivity index (χ1n) is 11.0. The predicted octanol–water partition coefficient (Wildman–Crippen LogP) is 7.72. The van der Waals surface area contributed by atoms with Crippen LogP contribution in [-0.4, -0.2) is 0 Å². The predicted molar refractivity (Wildman–Crippen MR) is 143 cm³/mol. The number of anilines is 4. The van der Waals surface area contributed by atoms with Gasteiger partial charge < -0.3 is 16.8 Å². The summed E-state index contributed by atoms with van der Waals surface area (Å²) in [4.78, 5) is 0. The molecule has 0 fully saturated rings. The van der Waals surface area contributed by atoms with Crippen LogP contribution in [0.3, 0.4) is 0 Å². The van der Waals surface area contributed by atoms with Gasteiger partial charge in [0.15, 0.2) is 0 Å². The summed E-state index contributed by atoms with van der Waals surface area (Å²) in [5, 5.41) is 11.1. The smallest absolute Gasteiger partial charge is 0.0470 e. The highest BCUT2D eigenvalue weighted by Crippen LogP contribution is 2.35. The van der Waals surface area contributed by atoms with Gasteiger partial charge in [-0.15, -0.1) is 0 Å². The molecule has 0 saturated heterocycles. The molecule has 0 saturated carbocycles. The molecule has 0 aromatic heterocycles. The quantitative estimate of drug-likeness (QED) is 0.154. The van der Waals surface area contributed by atoms with E-state index in [-0.39, 0.29) is 0 Å². The van der Waals surface area contributed by atoms with Gasteiger partial charge >= 0.3 is 0 Å². The fourth-order valence-electron chi connectivity index (χ4n) is 4.65. The van der Waals surface area contributed by atoms with Crippen LogP contribution in [0.25, 0.3) is 43.4 Å². The highest BCUT2D eigenvalue weighted by Gasteiger charge is 2.08. The Morgan fingerprint density at radius 3 is 1.91 bits per heavy atom. The van der Waals surface area contributed by atoms with Crippen molar-refractivity contribution in [3.05, 3.63) is 109 Å². The molecule has 0 radical (unpaired) electrons.